The Labute approximate surface area is 159 Å². The molecular weight excluding hydrogens is 376 g/mol. The van der Waals surface area contributed by atoms with Crippen LogP contribution in [0.1, 0.15) is 15.9 Å². The normalized spacial score (nSPS) is 10.6. The topological polar surface area (TPSA) is 48.4 Å². The first kappa shape index (κ1) is 18.8. The molecule has 7 heteroatoms. The van der Waals surface area contributed by atoms with Crippen molar-refractivity contribution in [1.29, 1.82) is 0 Å². The lowest BCUT2D eigenvalue weighted by Gasteiger charge is -2.13. The molecule has 0 atom stereocenters. The van der Waals surface area contributed by atoms with E-state index in [1.807, 2.05) is 6.92 Å². The Kier molecular flexibility index (Phi) is 5.37. The standard InChI is InChI=1S/C20H14ClF2NO3/c1-11-6-7-14(21)18(8-11)27-17-9-16(24-10-13(17)20(25)26-2)12-4-3-5-15(22)19(12)23/h3-10H,1-2H3. The maximum absolute atomic E-state index is 14.1. The van der Waals surface area contributed by atoms with Crippen LogP contribution in [-0.4, -0.2) is 18.1 Å². The number of carbonyl (C=O) groups excluding carboxylic acids is 1. The van der Waals surface area contributed by atoms with E-state index in [-0.39, 0.29) is 22.6 Å². The van der Waals surface area contributed by atoms with E-state index >= 15 is 0 Å². The van der Waals surface area contributed by atoms with Gasteiger partial charge < -0.3 is 9.47 Å². The molecule has 0 saturated carbocycles. The van der Waals surface area contributed by atoms with Gasteiger partial charge in [0.05, 0.1) is 17.8 Å². The summed E-state index contributed by atoms with van der Waals surface area (Å²) in [5, 5.41) is 0.326. The van der Waals surface area contributed by atoms with Gasteiger partial charge in [-0.15, -0.1) is 0 Å². The monoisotopic (exact) mass is 389 g/mol. The van der Waals surface area contributed by atoms with E-state index in [9.17, 15) is 13.6 Å². The highest BCUT2D eigenvalue weighted by Crippen LogP contribution is 2.34. The largest absolute Gasteiger partial charge is 0.465 e. The summed E-state index contributed by atoms with van der Waals surface area (Å²) in [4.78, 5) is 16.1. The first-order valence-corrected chi connectivity index (χ1v) is 8.25. The third-order valence-corrected chi connectivity index (χ3v) is 4.12. The van der Waals surface area contributed by atoms with Crippen molar-refractivity contribution < 1.29 is 23.0 Å². The highest BCUT2D eigenvalue weighted by atomic mass is 35.5. The smallest absolute Gasteiger partial charge is 0.343 e. The molecular formula is C20H14ClF2NO3. The summed E-state index contributed by atoms with van der Waals surface area (Å²) in [6, 6.07) is 10.2. The summed E-state index contributed by atoms with van der Waals surface area (Å²) < 4.78 is 38.2. The second-order valence-corrected chi connectivity index (χ2v) is 6.10. The Morgan fingerprint density at radius 2 is 1.89 bits per heavy atom. The minimum absolute atomic E-state index is 0.0237. The van der Waals surface area contributed by atoms with Gasteiger partial charge in [0.25, 0.3) is 0 Å². The van der Waals surface area contributed by atoms with E-state index in [1.54, 1.807) is 18.2 Å². The van der Waals surface area contributed by atoms with Crippen LogP contribution in [0.4, 0.5) is 8.78 Å². The molecule has 0 fully saturated rings. The van der Waals surface area contributed by atoms with Crippen molar-refractivity contribution in [3.05, 3.63) is 76.4 Å². The maximum Gasteiger partial charge on any atom is 0.343 e. The number of carbonyl (C=O) groups is 1. The maximum atomic E-state index is 14.1. The van der Waals surface area contributed by atoms with Crippen LogP contribution in [0.3, 0.4) is 0 Å². The lowest BCUT2D eigenvalue weighted by atomic mass is 10.1. The number of rotatable bonds is 4. The minimum atomic E-state index is -1.05. The Morgan fingerprint density at radius 3 is 2.63 bits per heavy atom. The number of hydrogen-bond acceptors (Lipinski definition) is 4. The molecule has 4 nitrogen and oxygen atoms in total. The van der Waals surface area contributed by atoms with Gasteiger partial charge in [0.2, 0.25) is 0 Å². The van der Waals surface area contributed by atoms with Crippen molar-refractivity contribution in [1.82, 2.24) is 4.98 Å². The van der Waals surface area contributed by atoms with Gasteiger partial charge in [-0.2, -0.15) is 0 Å². The lowest BCUT2D eigenvalue weighted by Crippen LogP contribution is -2.05. The lowest BCUT2D eigenvalue weighted by molar-refractivity contribution is 0.0597. The number of benzene rings is 2. The number of pyridine rings is 1. The molecule has 0 aliphatic carbocycles. The van der Waals surface area contributed by atoms with E-state index < -0.39 is 17.6 Å². The van der Waals surface area contributed by atoms with Crippen molar-refractivity contribution in [2.24, 2.45) is 0 Å². The van der Waals surface area contributed by atoms with Gasteiger partial charge in [0.15, 0.2) is 11.6 Å². The molecule has 0 bridgehead atoms. The average molecular weight is 390 g/mol. The zero-order valence-corrected chi connectivity index (χ0v) is 15.2. The molecule has 0 unspecified atom stereocenters. The number of esters is 1. The van der Waals surface area contributed by atoms with E-state index in [0.717, 1.165) is 11.6 Å². The molecule has 3 aromatic rings. The van der Waals surface area contributed by atoms with Gasteiger partial charge in [0, 0.05) is 17.8 Å². The molecule has 0 radical (unpaired) electrons. The summed E-state index contributed by atoms with van der Waals surface area (Å²) in [5.41, 5.74) is 0.945. The number of methoxy groups -OCH3 is 1. The van der Waals surface area contributed by atoms with E-state index in [0.29, 0.717) is 10.8 Å². The summed E-state index contributed by atoms with van der Waals surface area (Å²) in [5.74, 6) is -2.37. The fraction of sp³-hybridized carbons (Fsp3) is 0.100. The average Bonchev–Trinajstić information content (AvgIpc) is 2.66. The number of aromatic nitrogens is 1. The van der Waals surface area contributed by atoms with Crippen LogP contribution in [-0.2, 0) is 4.74 Å². The first-order chi connectivity index (χ1) is 12.9. The summed E-state index contributed by atoms with van der Waals surface area (Å²) in [6.07, 6.45) is 1.19. The van der Waals surface area contributed by atoms with E-state index in [2.05, 4.69) is 4.98 Å². The van der Waals surface area contributed by atoms with Gasteiger partial charge >= 0.3 is 5.97 Å². The zero-order chi connectivity index (χ0) is 19.6. The van der Waals surface area contributed by atoms with Crippen molar-refractivity contribution in [2.45, 2.75) is 6.92 Å². The molecule has 0 aliphatic rings. The Hall–Kier alpha value is -2.99. The van der Waals surface area contributed by atoms with Gasteiger partial charge in [-0.25, -0.2) is 13.6 Å². The van der Waals surface area contributed by atoms with Gasteiger partial charge in [-0.05, 0) is 36.8 Å². The van der Waals surface area contributed by atoms with Crippen molar-refractivity contribution in [3.63, 3.8) is 0 Å². The minimum Gasteiger partial charge on any atom is -0.465 e. The van der Waals surface area contributed by atoms with Crippen LogP contribution in [0.25, 0.3) is 11.3 Å². The molecule has 0 spiro atoms. The molecule has 0 saturated heterocycles. The van der Waals surface area contributed by atoms with Gasteiger partial charge in [-0.3, -0.25) is 4.98 Å². The number of ether oxygens (including phenoxy) is 2. The summed E-state index contributed by atoms with van der Waals surface area (Å²) in [6.45, 7) is 1.85. The first-order valence-electron chi connectivity index (χ1n) is 7.87. The second-order valence-electron chi connectivity index (χ2n) is 5.69. The van der Waals surface area contributed by atoms with Crippen molar-refractivity contribution in [2.75, 3.05) is 7.11 Å². The highest BCUT2D eigenvalue weighted by molar-refractivity contribution is 6.32. The Morgan fingerprint density at radius 1 is 1.11 bits per heavy atom. The molecule has 0 N–H and O–H groups in total. The molecule has 1 aromatic heterocycles. The molecule has 3 rings (SSSR count). The number of nitrogens with zero attached hydrogens (tertiary/aromatic N) is 1. The highest BCUT2D eigenvalue weighted by Gasteiger charge is 2.19. The third kappa shape index (κ3) is 3.90. The quantitative estimate of drug-likeness (QED) is 0.547. The van der Waals surface area contributed by atoms with Crippen LogP contribution in [0.5, 0.6) is 11.5 Å². The Balaban J connectivity index is 2.13. The zero-order valence-electron chi connectivity index (χ0n) is 14.4. The fourth-order valence-electron chi connectivity index (χ4n) is 2.44. The number of halogens is 3. The van der Waals surface area contributed by atoms with Gasteiger partial charge in [0.1, 0.15) is 17.1 Å². The molecule has 2 aromatic carbocycles. The third-order valence-electron chi connectivity index (χ3n) is 3.81. The van der Waals surface area contributed by atoms with Crippen molar-refractivity contribution in [3.8, 4) is 22.8 Å². The SMILES string of the molecule is COC(=O)c1cnc(-c2cccc(F)c2F)cc1Oc1cc(C)ccc1Cl. The molecule has 0 aliphatic heterocycles. The second kappa shape index (κ2) is 7.72. The van der Waals surface area contributed by atoms with Gasteiger partial charge in [-0.1, -0.05) is 23.7 Å². The van der Waals surface area contributed by atoms with Crippen LogP contribution in [0.2, 0.25) is 5.02 Å². The van der Waals surface area contributed by atoms with E-state index in [4.69, 9.17) is 21.1 Å². The molecule has 0 amide bonds. The van der Waals surface area contributed by atoms with E-state index in [1.165, 1.54) is 31.5 Å². The number of hydrogen-bond donors (Lipinski definition) is 0. The van der Waals surface area contributed by atoms with Crippen LogP contribution in [0.15, 0.2) is 48.7 Å². The summed E-state index contributed by atoms with van der Waals surface area (Å²) in [7, 11) is 1.21. The van der Waals surface area contributed by atoms with Crippen LogP contribution < -0.4 is 4.74 Å². The molecule has 27 heavy (non-hydrogen) atoms. The number of aryl methyl sites for hydroxylation is 1. The summed E-state index contributed by atoms with van der Waals surface area (Å²) >= 11 is 6.15. The predicted molar refractivity (Wildman–Crippen MR) is 97.2 cm³/mol. The molecule has 138 valence electrons. The predicted octanol–water partition coefficient (Wildman–Crippen LogP) is 5.57. The Bertz CT molecular complexity index is 1020. The van der Waals surface area contributed by atoms with Crippen LogP contribution in [0, 0.1) is 18.6 Å². The molecule has 1 heterocycles. The fourth-order valence-corrected chi connectivity index (χ4v) is 2.60. The van der Waals surface area contributed by atoms with Crippen molar-refractivity contribution >= 4 is 17.6 Å². The van der Waals surface area contributed by atoms with Crippen LogP contribution >= 0.6 is 11.6 Å².